The van der Waals surface area contributed by atoms with Crippen LogP contribution in [0.5, 0.6) is 0 Å². The average molecular weight is 483 g/mol. The summed E-state index contributed by atoms with van der Waals surface area (Å²) in [5.74, 6) is -0.374. The van der Waals surface area contributed by atoms with Crippen molar-refractivity contribution in [1.29, 1.82) is 0 Å². The van der Waals surface area contributed by atoms with Gasteiger partial charge in [0.05, 0.1) is 23.5 Å². The molecule has 0 atom stereocenters. The van der Waals surface area contributed by atoms with E-state index >= 15 is 0 Å². The van der Waals surface area contributed by atoms with E-state index in [1.165, 1.54) is 5.56 Å². The molecule has 5 aromatic rings. The fraction of sp³-hybridized carbons (Fsp3) is 0.200. The van der Waals surface area contributed by atoms with Gasteiger partial charge in [-0.3, -0.25) is 4.40 Å². The lowest BCUT2D eigenvalue weighted by molar-refractivity contribution is 0.0530. The first-order valence-corrected chi connectivity index (χ1v) is 12.1. The third-order valence-electron chi connectivity index (χ3n) is 6.26. The number of para-hydroxylation sites is 1. The van der Waals surface area contributed by atoms with Crippen LogP contribution in [0.2, 0.25) is 5.02 Å². The first kappa shape index (κ1) is 23.1. The van der Waals surface area contributed by atoms with E-state index < -0.39 is 0 Å². The highest BCUT2D eigenvalue weighted by atomic mass is 35.5. The maximum atomic E-state index is 13.1. The van der Waals surface area contributed by atoms with E-state index in [1.807, 2.05) is 55.5 Å². The smallest absolute Gasteiger partial charge is 0.342 e. The summed E-state index contributed by atoms with van der Waals surface area (Å²) in [6.45, 7) is 8.72. The molecule has 0 unspecified atom stereocenters. The number of aromatic nitrogens is 2. The molecule has 0 spiro atoms. The molecular formula is C30H27ClN2O2. The van der Waals surface area contributed by atoms with Crippen molar-refractivity contribution in [1.82, 2.24) is 9.38 Å². The summed E-state index contributed by atoms with van der Waals surface area (Å²) in [5.41, 5.74) is 6.95. The maximum Gasteiger partial charge on any atom is 0.342 e. The summed E-state index contributed by atoms with van der Waals surface area (Å²) in [4.78, 5) is 18.1. The largest absolute Gasteiger partial charge is 0.462 e. The number of esters is 1. The van der Waals surface area contributed by atoms with Crippen molar-refractivity contribution in [2.45, 2.75) is 33.1 Å². The highest BCUT2D eigenvalue weighted by Crippen LogP contribution is 2.35. The normalized spacial score (nSPS) is 11.8. The molecule has 5 heteroatoms. The fourth-order valence-corrected chi connectivity index (χ4v) is 4.57. The van der Waals surface area contributed by atoms with Crippen molar-refractivity contribution in [3.8, 4) is 22.5 Å². The standard InChI is InChI=1S/C30H27ClN2O2/c1-5-35-29(34)27-23-8-6-7-9-25(23)33-26(20-10-14-21(15-11-20)30(2,3)4)18-24(32-28(27)33)19-12-16-22(31)17-13-19/h6-18H,5H2,1-4H3. The zero-order valence-electron chi connectivity index (χ0n) is 20.3. The van der Waals surface area contributed by atoms with Gasteiger partial charge >= 0.3 is 5.97 Å². The Hall–Kier alpha value is -3.63. The van der Waals surface area contributed by atoms with Crippen LogP contribution < -0.4 is 0 Å². The number of ether oxygens (including phenoxy) is 1. The van der Waals surface area contributed by atoms with Crippen LogP contribution in [0.4, 0.5) is 0 Å². The number of halogens is 1. The van der Waals surface area contributed by atoms with Crippen LogP contribution in [-0.4, -0.2) is 22.0 Å². The van der Waals surface area contributed by atoms with Crippen LogP contribution in [0.15, 0.2) is 78.9 Å². The van der Waals surface area contributed by atoms with Gasteiger partial charge in [0.2, 0.25) is 0 Å². The second kappa shape index (κ2) is 8.86. The summed E-state index contributed by atoms with van der Waals surface area (Å²) >= 11 is 6.14. The van der Waals surface area contributed by atoms with Crippen LogP contribution in [0.25, 0.3) is 39.1 Å². The Kier molecular flexibility index (Phi) is 5.86. The molecule has 2 heterocycles. The molecule has 176 valence electrons. The van der Waals surface area contributed by atoms with Crippen molar-refractivity contribution in [3.63, 3.8) is 0 Å². The van der Waals surface area contributed by atoms with Crippen molar-refractivity contribution in [3.05, 3.63) is 95.0 Å². The van der Waals surface area contributed by atoms with Crippen LogP contribution in [0.3, 0.4) is 0 Å². The van der Waals surface area contributed by atoms with Crippen molar-refractivity contribution < 1.29 is 9.53 Å². The second-order valence-corrected chi connectivity index (χ2v) is 10.1. The molecule has 0 aliphatic heterocycles. The van der Waals surface area contributed by atoms with Crippen LogP contribution in [-0.2, 0) is 10.2 Å². The first-order valence-electron chi connectivity index (χ1n) is 11.8. The molecule has 0 bridgehead atoms. The highest BCUT2D eigenvalue weighted by Gasteiger charge is 2.24. The maximum absolute atomic E-state index is 13.1. The second-order valence-electron chi connectivity index (χ2n) is 9.63. The number of carbonyl (C=O) groups excluding carboxylic acids is 1. The van der Waals surface area contributed by atoms with E-state index in [-0.39, 0.29) is 11.4 Å². The third kappa shape index (κ3) is 4.19. The van der Waals surface area contributed by atoms with E-state index in [4.69, 9.17) is 21.3 Å². The molecule has 2 aromatic heterocycles. The molecule has 0 saturated heterocycles. The third-order valence-corrected chi connectivity index (χ3v) is 6.51. The molecule has 0 saturated carbocycles. The molecule has 0 amide bonds. The lowest BCUT2D eigenvalue weighted by Crippen LogP contribution is -2.10. The molecule has 3 aromatic carbocycles. The minimum Gasteiger partial charge on any atom is -0.462 e. The van der Waals surface area contributed by atoms with E-state index in [0.717, 1.165) is 33.4 Å². The summed E-state index contributed by atoms with van der Waals surface area (Å²) in [7, 11) is 0. The van der Waals surface area contributed by atoms with Gasteiger partial charge in [-0.15, -0.1) is 0 Å². The molecule has 0 radical (unpaired) electrons. The number of hydrogen-bond donors (Lipinski definition) is 0. The summed E-state index contributed by atoms with van der Waals surface area (Å²) in [6, 6.07) is 26.1. The molecular weight excluding hydrogens is 456 g/mol. The monoisotopic (exact) mass is 482 g/mol. The van der Waals surface area contributed by atoms with Crippen molar-refractivity contribution in [2.75, 3.05) is 6.61 Å². The van der Waals surface area contributed by atoms with E-state index in [9.17, 15) is 4.79 Å². The SMILES string of the molecule is CCOC(=O)c1c2ccccc2n2c(-c3ccc(C(C)(C)C)cc3)cc(-c3ccc(Cl)cc3)nc12. The zero-order chi connectivity index (χ0) is 24.7. The van der Waals surface area contributed by atoms with E-state index in [0.29, 0.717) is 22.8 Å². The number of benzene rings is 3. The molecule has 0 aliphatic carbocycles. The molecule has 5 rings (SSSR count). The van der Waals surface area contributed by atoms with Gasteiger partial charge < -0.3 is 4.74 Å². The lowest BCUT2D eigenvalue weighted by atomic mass is 9.86. The quantitative estimate of drug-likeness (QED) is 0.244. The number of nitrogens with zero attached hydrogens (tertiary/aromatic N) is 2. The summed E-state index contributed by atoms with van der Waals surface area (Å²) < 4.78 is 7.52. The van der Waals surface area contributed by atoms with Gasteiger partial charge in [0.15, 0.2) is 5.65 Å². The number of rotatable bonds is 4. The molecule has 0 fully saturated rings. The Bertz CT molecular complexity index is 1540. The Labute approximate surface area is 210 Å². The lowest BCUT2D eigenvalue weighted by Gasteiger charge is -2.19. The van der Waals surface area contributed by atoms with Crippen LogP contribution in [0.1, 0.15) is 43.6 Å². The molecule has 35 heavy (non-hydrogen) atoms. The van der Waals surface area contributed by atoms with Gasteiger partial charge in [-0.25, -0.2) is 9.78 Å². The Morgan fingerprint density at radius 2 is 1.60 bits per heavy atom. The molecule has 0 aliphatic rings. The minimum atomic E-state index is -0.374. The van der Waals surface area contributed by atoms with Crippen molar-refractivity contribution in [2.24, 2.45) is 0 Å². The number of fused-ring (bicyclic) bond motifs is 3. The van der Waals surface area contributed by atoms with Gasteiger partial charge in [0.1, 0.15) is 5.56 Å². The minimum absolute atomic E-state index is 0.0534. The van der Waals surface area contributed by atoms with Gasteiger partial charge in [0.25, 0.3) is 0 Å². The number of hydrogen-bond acceptors (Lipinski definition) is 3. The molecule has 4 nitrogen and oxygen atoms in total. The summed E-state index contributed by atoms with van der Waals surface area (Å²) in [5, 5.41) is 1.48. The Morgan fingerprint density at radius 3 is 2.26 bits per heavy atom. The predicted octanol–water partition coefficient (Wildman–Crippen LogP) is 7.95. The van der Waals surface area contributed by atoms with E-state index in [2.05, 4.69) is 55.5 Å². The van der Waals surface area contributed by atoms with Gasteiger partial charge in [0, 0.05) is 16.0 Å². The van der Waals surface area contributed by atoms with Gasteiger partial charge in [-0.2, -0.15) is 0 Å². The highest BCUT2D eigenvalue weighted by molar-refractivity contribution is 6.30. The van der Waals surface area contributed by atoms with Crippen LogP contribution >= 0.6 is 11.6 Å². The zero-order valence-corrected chi connectivity index (χ0v) is 21.1. The van der Waals surface area contributed by atoms with Gasteiger partial charge in [-0.1, -0.05) is 87.0 Å². The number of carbonyl (C=O) groups is 1. The summed E-state index contributed by atoms with van der Waals surface area (Å²) in [6.07, 6.45) is 0. The predicted molar refractivity (Wildman–Crippen MR) is 143 cm³/mol. The van der Waals surface area contributed by atoms with Crippen LogP contribution in [0, 0.1) is 0 Å². The fourth-order valence-electron chi connectivity index (χ4n) is 4.44. The van der Waals surface area contributed by atoms with Crippen molar-refractivity contribution >= 4 is 34.1 Å². The Morgan fingerprint density at radius 1 is 0.943 bits per heavy atom. The first-order chi connectivity index (χ1) is 16.8. The Balaban J connectivity index is 1.86. The van der Waals surface area contributed by atoms with E-state index in [1.54, 1.807) is 0 Å². The topological polar surface area (TPSA) is 43.6 Å². The van der Waals surface area contributed by atoms with Gasteiger partial charge in [-0.05, 0) is 47.7 Å². The average Bonchev–Trinajstić information content (AvgIpc) is 3.18. The molecule has 0 N–H and O–H groups in total.